The highest BCUT2D eigenvalue weighted by atomic mass is 16.6. The number of carbonyl (C=O) groups is 1. The van der Waals surface area contributed by atoms with Crippen molar-refractivity contribution in [3.05, 3.63) is 29.5 Å². The minimum absolute atomic E-state index is 0.0793. The van der Waals surface area contributed by atoms with Gasteiger partial charge in [0.05, 0.1) is 24.7 Å². The summed E-state index contributed by atoms with van der Waals surface area (Å²) in [6.45, 7) is 19.3. The molecule has 4 rings (SSSR count). The number of carbonyl (C=O) groups excluding carboxylic acids is 1. The van der Waals surface area contributed by atoms with E-state index >= 15 is 0 Å². The van der Waals surface area contributed by atoms with Crippen LogP contribution >= 0.6 is 0 Å². The van der Waals surface area contributed by atoms with Crippen molar-refractivity contribution in [1.29, 1.82) is 0 Å². The predicted octanol–water partition coefficient (Wildman–Crippen LogP) is 4.52. The Balaban J connectivity index is 1.65. The van der Waals surface area contributed by atoms with E-state index in [0.717, 1.165) is 31.5 Å². The molecule has 1 aliphatic carbocycles. The molecule has 4 unspecified atom stereocenters. The van der Waals surface area contributed by atoms with Crippen LogP contribution in [0.3, 0.4) is 0 Å². The third-order valence-corrected chi connectivity index (χ3v) is 7.99. The quantitative estimate of drug-likeness (QED) is 0.308. The van der Waals surface area contributed by atoms with Gasteiger partial charge in [-0.3, -0.25) is 15.2 Å². The van der Waals surface area contributed by atoms with E-state index in [0.29, 0.717) is 44.5 Å². The Morgan fingerprint density at radius 2 is 1.98 bits per heavy atom. The first-order valence-corrected chi connectivity index (χ1v) is 15.3. The summed E-state index contributed by atoms with van der Waals surface area (Å²) in [6, 6.07) is -0.0793. The van der Waals surface area contributed by atoms with Gasteiger partial charge in [0.2, 0.25) is 5.89 Å². The first kappa shape index (κ1) is 31.5. The minimum Gasteiger partial charge on any atom is -0.448 e. The van der Waals surface area contributed by atoms with E-state index in [-0.39, 0.29) is 29.6 Å². The lowest BCUT2D eigenvalue weighted by Crippen LogP contribution is -2.62. The van der Waals surface area contributed by atoms with Crippen LogP contribution in [0, 0.1) is 17.3 Å². The maximum absolute atomic E-state index is 13.3. The standard InChI is InChI=1S/C31H52N6O4/c1-20(2)17-37(24-19-36(29(39)41-31(6,7)8)18-21-11-9-10-12-22(21)24)27(38)23-15-34-28(30(3,4)5)35-26(23)33-16-25-32-13-14-40-25/h13-14,20,23-24,26-27,33,38H,9-12,15-19H2,1-8H3,(H,34,35). The Morgan fingerprint density at radius 1 is 1.24 bits per heavy atom. The molecule has 3 heterocycles. The summed E-state index contributed by atoms with van der Waals surface area (Å²) in [7, 11) is 0. The molecule has 0 spiro atoms. The van der Waals surface area contributed by atoms with Crippen molar-refractivity contribution < 1.29 is 19.1 Å². The first-order valence-electron chi connectivity index (χ1n) is 15.3. The molecule has 0 aromatic carbocycles. The van der Waals surface area contributed by atoms with Gasteiger partial charge in [-0.05, 0) is 57.9 Å². The Labute approximate surface area is 246 Å². The number of rotatable bonds is 8. The van der Waals surface area contributed by atoms with Crippen LogP contribution < -0.4 is 10.6 Å². The summed E-state index contributed by atoms with van der Waals surface area (Å²) >= 11 is 0. The first-order chi connectivity index (χ1) is 19.2. The van der Waals surface area contributed by atoms with Crippen LogP contribution in [0.4, 0.5) is 4.79 Å². The summed E-state index contributed by atoms with van der Waals surface area (Å²) in [5.41, 5.74) is 1.99. The van der Waals surface area contributed by atoms with Gasteiger partial charge in [0.15, 0.2) is 0 Å². The molecule has 1 aromatic rings. The summed E-state index contributed by atoms with van der Waals surface area (Å²) in [6.07, 6.45) is 6.03. The number of aromatic nitrogens is 1. The Hall–Kier alpha value is -2.43. The Bertz CT molecular complexity index is 1090. The average Bonchev–Trinajstić information content (AvgIpc) is 3.41. The molecule has 1 amide bonds. The van der Waals surface area contributed by atoms with Crippen LogP contribution in [0.1, 0.15) is 87.0 Å². The number of aliphatic hydroxyl groups is 1. The zero-order valence-corrected chi connectivity index (χ0v) is 26.4. The maximum atomic E-state index is 13.3. The van der Waals surface area contributed by atoms with Gasteiger partial charge < -0.3 is 24.5 Å². The summed E-state index contributed by atoms with van der Waals surface area (Å²) in [4.78, 5) is 26.7. The van der Waals surface area contributed by atoms with E-state index in [9.17, 15) is 9.90 Å². The molecule has 0 fully saturated rings. The molecule has 41 heavy (non-hydrogen) atoms. The van der Waals surface area contributed by atoms with E-state index in [1.54, 1.807) is 12.5 Å². The van der Waals surface area contributed by atoms with Crippen molar-refractivity contribution in [2.45, 2.75) is 112 Å². The number of aliphatic imine (C=N–C) groups is 1. The van der Waals surface area contributed by atoms with Crippen molar-refractivity contribution in [2.24, 2.45) is 22.2 Å². The third-order valence-electron chi connectivity index (χ3n) is 7.99. The number of nitrogens with zero attached hydrogens (tertiary/aromatic N) is 4. The maximum Gasteiger partial charge on any atom is 0.410 e. The largest absolute Gasteiger partial charge is 0.448 e. The van der Waals surface area contributed by atoms with E-state index in [1.807, 2.05) is 25.7 Å². The van der Waals surface area contributed by atoms with Gasteiger partial charge in [-0.25, -0.2) is 9.78 Å². The fraction of sp³-hybridized carbons (Fsp3) is 0.774. The fourth-order valence-corrected chi connectivity index (χ4v) is 6.11. The number of amides is 1. The molecule has 3 N–H and O–H groups in total. The van der Waals surface area contributed by atoms with E-state index in [2.05, 4.69) is 55.1 Å². The third kappa shape index (κ3) is 8.11. The second kappa shape index (κ2) is 12.8. The Kier molecular flexibility index (Phi) is 9.86. The molecular formula is C31H52N6O4. The number of oxazole rings is 1. The van der Waals surface area contributed by atoms with Gasteiger partial charge >= 0.3 is 6.09 Å². The van der Waals surface area contributed by atoms with Crippen molar-refractivity contribution in [1.82, 2.24) is 25.4 Å². The number of hydrogen-bond acceptors (Lipinski definition) is 9. The van der Waals surface area contributed by atoms with Gasteiger partial charge in [0, 0.05) is 31.6 Å². The highest BCUT2D eigenvalue weighted by Gasteiger charge is 2.43. The minimum atomic E-state index is -0.795. The topological polar surface area (TPSA) is 115 Å². The summed E-state index contributed by atoms with van der Waals surface area (Å²) in [5.74, 6) is 1.57. The van der Waals surface area contributed by atoms with Gasteiger partial charge in [-0.15, -0.1) is 0 Å². The molecule has 3 aliphatic rings. The molecule has 10 nitrogen and oxygen atoms in total. The van der Waals surface area contributed by atoms with Crippen LogP contribution in [-0.2, 0) is 11.3 Å². The molecule has 0 radical (unpaired) electrons. The average molecular weight is 573 g/mol. The summed E-state index contributed by atoms with van der Waals surface area (Å²) < 4.78 is 11.3. The number of nitrogens with one attached hydrogen (secondary N) is 2. The molecule has 2 aliphatic heterocycles. The highest BCUT2D eigenvalue weighted by molar-refractivity contribution is 5.87. The molecular weight excluding hydrogens is 520 g/mol. The van der Waals surface area contributed by atoms with Crippen molar-refractivity contribution in [3.8, 4) is 0 Å². The summed E-state index contributed by atoms with van der Waals surface area (Å²) in [5, 5.41) is 19.3. The lowest BCUT2D eigenvalue weighted by molar-refractivity contribution is -0.0793. The van der Waals surface area contributed by atoms with E-state index in [1.165, 1.54) is 11.1 Å². The number of hydrogen-bond donors (Lipinski definition) is 3. The zero-order valence-electron chi connectivity index (χ0n) is 26.4. The van der Waals surface area contributed by atoms with Crippen LogP contribution in [0.5, 0.6) is 0 Å². The second-order valence-electron chi connectivity index (χ2n) is 14.2. The van der Waals surface area contributed by atoms with Crippen molar-refractivity contribution >= 4 is 11.9 Å². The molecule has 0 saturated heterocycles. The fourth-order valence-electron chi connectivity index (χ4n) is 6.11. The van der Waals surface area contributed by atoms with Crippen LogP contribution in [0.25, 0.3) is 0 Å². The Morgan fingerprint density at radius 3 is 2.61 bits per heavy atom. The zero-order chi connectivity index (χ0) is 29.9. The van der Waals surface area contributed by atoms with Gasteiger partial charge in [-0.1, -0.05) is 40.2 Å². The molecule has 0 bridgehead atoms. The van der Waals surface area contributed by atoms with Crippen LogP contribution in [-0.4, -0.2) is 82.0 Å². The molecule has 4 atom stereocenters. The van der Waals surface area contributed by atoms with Crippen molar-refractivity contribution in [2.75, 3.05) is 26.2 Å². The lowest BCUT2D eigenvalue weighted by Gasteiger charge is -2.48. The van der Waals surface area contributed by atoms with Crippen LogP contribution in [0.15, 0.2) is 33.0 Å². The molecule has 10 heteroatoms. The monoisotopic (exact) mass is 572 g/mol. The SMILES string of the molecule is CC(C)CN(C1CN(C(=O)OC(C)(C)C)CC2=C1CCCC2)C(O)C1CNC(C(C)(C)C)=NC1NCc1ncco1. The highest BCUT2D eigenvalue weighted by Crippen LogP contribution is 2.36. The number of ether oxygens (including phenoxy) is 1. The smallest absolute Gasteiger partial charge is 0.410 e. The number of amidine groups is 1. The van der Waals surface area contributed by atoms with E-state index in [4.69, 9.17) is 14.1 Å². The van der Waals surface area contributed by atoms with Gasteiger partial charge in [0.1, 0.15) is 30.1 Å². The molecule has 1 aromatic heterocycles. The van der Waals surface area contributed by atoms with Crippen molar-refractivity contribution in [3.63, 3.8) is 0 Å². The molecule has 230 valence electrons. The van der Waals surface area contributed by atoms with Gasteiger partial charge in [-0.2, -0.15) is 0 Å². The number of aliphatic hydroxyl groups excluding tert-OH is 1. The predicted molar refractivity (Wildman–Crippen MR) is 160 cm³/mol. The van der Waals surface area contributed by atoms with Crippen LogP contribution in [0.2, 0.25) is 0 Å². The molecule has 0 saturated carbocycles. The van der Waals surface area contributed by atoms with Gasteiger partial charge in [0.25, 0.3) is 0 Å². The lowest BCUT2D eigenvalue weighted by atomic mass is 9.82. The normalized spacial score (nSPS) is 24.7. The second-order valence-corrected chi connectivity index (χ2v) is 14.2. The van der Waals surface area contributed by atoms with E-state index < -0.39 is 11.8 Å².